The predicted molar refractivity (Wildman–Crippen MR) is 75.7 cm³/mol. The summed E-state index contributed by atoms with van der Waals surface area (Å²) < 4.78 is 40.9. The van der Waals surface area contributed by atoms with E-state index in [0.717, 1.165) is 17.7 Å². The van der Waals surface area contributed by atoms with Crippen molar-refractivity contribution >= 4 is 21.8 Å². The first-order valence-electron chi connectivity index (χ1n) is 6.03. The fourth-order valence-electron chi connectivity index (χ4n) is 1.89. The second-order valence-electron chi connectivity index (χ2n) is 4.56. The molecule has 0 saturated heterocycles. The molecule has 2 aromatic rings. The Kier molecular flexibility index (Phi) is 4.41. The summed E-state index contributed by atoms with van der Waals surface area (Å²) in [6.07, 6.45) is -1.00. The van der Waals surface area contributed by atoms with Gasteiger partial charge in [-0.25, -0.2) is 0 Å². The molecule has 3 nitrogen and oxygen atoms in total. The Morgan fingerprint density at radius 3 is 2.62 bits per heavy atom. The molecule has 0 atom stereocenters. The number of halogens is 4. The van der Waals surface area contributed by atoms with Crippen molar-refractivity contribution in [1.29, 1.82) is 0 Å². The van der Waals surface area contributed by atoms with E-state index in [-0.39, 0.29) is 16.6 Å². The summed E-state index contributed by atoms with van der Waals surface area (Å²) in [5.74, 6) is -0.751. The number of nitrogens with zero attached hydrogens (tertiary/aromatic N) is 1. The Morgan fingerprint density at radius 1 is 1.33 bits per heavy atom. The third kappa shape index (κ3) is 3.87. The van der Waals surface area contributed by atoms with Crippen molar-refractivity contribution in [2.75, 3.05) is 0 Å². The summed E-state index contributed by atoms with van der Waals surface area (Å²) in [6, 6.07) is 5.25. The molecule has 0 saturated carbocycles. The number of carbonyl (C=O) groups is 1. The van der Waals surface area contributed by atoms with Gasteiger partial charge in [0.25, 0.3) is 5.91 Å². The number of aryl methyl sites for hydroxylation is 1. The molecule has 0 aliphatic carbocycles. The summed E-state index contributed by atoms with van der Waals surface area (Å²) in [5.41, 5.74) is -0.527. The average molecular weight is 361 g/mol. The van der Waals surface area contributed by atoms with Gasteiger partial charge in [0.05, 0.1) is 11.1 Å². The van der Waals surface area contributed by atoms with Gasteiger partial charge in [0, 0.05) is 30.5 Å². The molecule has 0 bridgehead atoms. The van der Waals surface area contributed by atoms with Gasteiger partial charge in [-0.2, -0.15) is 13.2 Å². The fraction of sp³-hybridized carbons (Fsp3) is 0.214. The van der Waals surface area contributed by atoms with Crippen LogP contribution in [0, 0.1) is 0 Å². The van der Waals surface area contributed by atoms with Crippen molar-refractivity contribution in [3.8, 4) is 0 Å². The van der Waals surface area contributed by atoms with Crippen molar-refractivity contribution in [3.05, 3.63) is 57.8 Å². The van der Waals surface area contributed by atoms with Crippen LogP contribution in [0.5, 0.6) is 0 Å². The van der Waals surface area contributed by atoms with Gasteiger partial charge < -0.3 is 9.88 Å². The first kappa shape index (κ1) is 15.6. The van der Waals surface area contributed by atoms with Crippen molar-refractivity contribution in [2.45, 2.75) is 12.7 Å². The van der Waals surface area contributed by atoms with Gasteiger partial charge in [0.1, 0.15) is 0 Å². The van der Waals surface area contributed by atoms with Crippen LogP contribution < -0.4 is 5.32 Å². The molecule has 112 valence electrons. The highest BCUT2D eigenvalue weighted by Gasteiger charge is 2.35. The molecule has 1 aromatic heterocycles. The largest absolute Gasteiger partial charge is 0.417 e. The SMILES string of the molecule is Cn1ccc(CNC(=O)c2ccc(Br)cc2C(F)(F)F)c1. The van der Waals surface area contributed by atoms with Crippen LogP contribution in [0.25, 0.3) is 0 Å². The van der Waals surface area contributed by atoms with E-state index in [9.17, 15) is 18.0 Å². The average Bonchev–Trinajstić information content (AvgIpc) is 2.81. The van der Waals surface area contributed by atoms with Gasteiger partial charge in [-0.3, -0.25) is 4.79 Å². The fourth-order valence-corrected chi connectivity index (χ4v) is 2.25. The van der Waals surface area contributed by atoms with Gasteiger partial charge in [0.2, 0.25) is 0 Å². The molecule has 1 heterocycles. The number of benzene rings is 1. The van der Waals surface area contributed by atoms with Crippen LogP contribution in [-0.4, -0.2) is 10.5 Å². The third-order valence-electron chi connectivity index (χ3n) is 2.88. The van der Waals surface area contributed by atoms with Gasteiger partial charge in [-0.15, -0.1) is 0 Å². The number of amides is 1. The lowest BCUT2D eigenvalue weighted by Crippen LogP contribution is -2.25. The van der Waals surface area contributed by atoms with E-state index in [0.29, 0.717) is 0 Å². The number of rotatable bonds is 3. The normalized spacial score (nSPS) is 11.5. The molecule has 1 aromatic carbocycles. The second kappa shape index (κ2) is 5.93. The molecule has 7 heteroatoms. The molecule has 0 unspecified atom stereocenters. The lowest BCUT2D eigenvalue weighted by atomic mass is 10.1. The summed E-state index contributed by atoms with van der Waals surface area (Å²) >= 11 is 2.98. The van der Waals surface area contributed by atoms with E-state index in [1.165, 1.54) is 6.07 Å². The highest BCUT2D eigenvalue weighted by Crippen LogP contribution is 2.33. The molecule has 1 N–H and O–H groups in total. The van der Waals surface area contributed by atoms with E-state index in [1.807, 2.05) is 7.05 Å². The zero-order valence-electron chi connectivity index (χ0n) is 11.0. The van der Waals surface area contributed by atoms with E-state index in [1.54, 1.807) is 23.0 Å². The maximum atomic E-state index is 13.0. The molecular weight excluding hydrogens is 349 g/mol. The summed E-state index contributed by atoms with van der Waals surface area (Å²) in [5, 5.41) is 2.49. The minimum atomic E-state index is -4.58. The molecule has 1 amide bonds. The standard InChI is InChI=1S/C14H12BrF3N2O/c1-20-5-4-9(8-20)7-19-13(21)11-3-2-10(15)6-12(11)14(16,17)18/h2-6,8H,7H2,1H3,(H,19,21). The summed E-state index contributed by atoms with van der Waals surface area (Å²) in [7, 11) is 1.82. The quantitative estimate of drug-likeness (QED) is 0.888. The van der Waals surface area contributed by atoms with E-state index in [4.69, 9.17) is 0 Å². The predicted octanol–water partition coefficient (Wildman–Crippen LogP) is 3.74. The Hall–Kier alpha value is -1.76. The number of alkyl halides is 3. The molecule has 0 radical (unpaired) electrons. The Labute approximate surface area is 127 Å². The molecule has 2 rings (SSSR count). The summed E-state index contributed by atoms with van der Waals surface area (Å²) in [6.45, 7) is 0.174. The van der Waals surface area contributed by atoms with Crippen LogP contribution in [0.4, 0.5) is 13.2 Å². The minimum Gasteiger partial charge on any atom is -0.357 e. The smallest absolute Gasteiger partial charge is 0.357 e. The van der Waals surface area contributed by atoms with Gasteiger partial charge in [0.15, 0.2) is 0 Å². The zero-order chi connectivity index (χ0) is 15.6. The molecule has 0 aliphatic rings. The molecular formula is C14H12BrF3N2O. The topological polar surface area (TPSA) is 34.0 Å². The van der Waals surface area contributed by atoms with Gasteiger partial charge in [-0.05, 0) is 29.8 Å². The molecule has 0 fully saturated rings. The van der Waals surface area contributed by atoms with E-state index >= 15 is 0 Å². The van der Waals surface area contributed by atoms with Gasteiger partial charge in [-0.1, -0.05) is 15.9 Å². The highest BCUT2D eigenvalue weighted by molar-refractivity contribution is 9.10. The maximum Gasteiger partial charge on any atom is 0.417 e. The van der Waals surface area contributed by atoms with Crippen LogP contribution in [0.2, 0.25) is 0 Å². The first-order chi connectivity index (χ1) is 9.77. The zero-order valence-corrected chi connectivity index (χ0v) is 12.6. The Bertz CT molecular complexity index is 664. The summed E-state index contributed by atoms with van der Waals surface area (Å²) in [4.78, 5) is 12.0. The third-order valence-corrected chi connectivity index (χ3v) is 3.37. The van der Waals surface area contributed by atoms with Crippen molar-refractivity contribution in [2.24, 2.45) is 7.05 Å². The van der Waals surface area contributed by atoms with Crippen LogP contribution in [0.3, 0.4) is 0 Å². The number of carbonyl (C=O) groups excluding carboxylic acids is 1. The lowest BCUT2D eigenvalue weighted by Gasteiger charge is -2.13. The lowest BCUT2D eigenvalue weighted by molar-refractivity contribution is -0.138. The van der Waals surface area contributed by atoms with Crippen LogP contribution >= 0.6 is 15.9 Å². The van der Waals surface area contributed by atoms with E-state index in [2.05, 4.69) is 21.2 Å². The molecule has 0 aliphatic heterocycles. The van der Waals surface area contributed by atoms with Crippen molar-refractivity contribution in [1.82, 2.24) is 9.88 Å². The van der Waals surface area contributed by atoms with Crippen LogP contribution in [-0.2, 0) is 19.8 Å². The van der Waals surface area contributed by atoms with Crippen LogP contribution in [0.15, 0.2) is 41.1 Å². The maximum absolute atomic E-state index is 13.0. The number of hydrogen-bond acceptors (Lipinski definition) is 1. The second-order valence-corrected chi connectivity index (χ2v) is 5.47. The van der Waals surface area contributed by atoms with Gasteiger partial charge >= 0.3 is 6.18 Å². The Morgan fingerprint density at radius 2 is 2.05 bits per heavy atom. The minimum absolute atomic E-state index is 0.174. The first-order valence-corrected chi connectivity index (χ1v) is 6.82. The number of aromatic nitrogens is 1. The molecule has 0 spiro atoms. The van der Waals surface area contributed by atoms with Crippen molar-refractivity contribution < 1.29 is 18.0 Å². The van der Waals surface area contributed by atoms with Crippen LogP contribution in [0.1, 0.15) is 21.5 Å². The number of nitrogens with one attached hydrogen (secondary N) is 1. The Balaban J connectivity index is 2.19. The molecule has 21 heavy (non-hydrogen) atoms. The monoisotopic (exact) mass is 360 g/mol. The van der Waals surface area contributed by atoms with E-state index < -0.39 is 17.6 Å². The number of hydrogen-bond donors (Lipinski definition) is 1. The van der Waals surface area contributed by atoms with Crippen molar-refractivity contribution in [3.63, 3.8) is 0 Å². The highest BCUT2D eigenvalue weighted by atomic mass is 79.9.